The molecule has 2 saturated heterocycles. The van der Waals surface area contributed by atoms with E-state index in [1.807, 2.05) is 6.92 Å². The van der Waals surface area contributed by atoms with Crippen LogP contribution >= 0.6 is 0 Å². The van der Waals surface area contributed by atoms with Crippen LogP contribution in [0.2, 0.25) is 0 Å². The third-order valence-electron chi connectivity index (χ3n) is 5.73. The Morgan fingerprint density at radius 3 is 2.83 bits per heavy atom. The van der Waals surface area contributed by atoms with Gasteiger partial charge in [-0.05, 0) is 56.4 Å². The molecule has 2 heterocycles. The lowest BCUT2D eigenvalue weighted by Crippen LogP contribution is -2.58. The molecule has 0 amide bonds. The first kappa shape index (κ1) is 12.5. The second kappa shape index (κ2) is 4.22. The van der Waals surface area contributed by atoms with Crippen molar-refractivity contribution in [2.24, 2.45) is 17.3 Å². The number of hydrogen-bond donors (Lipinski definition) is 0. The maximum absolute atomic E-state index is 12.1. The van der Waals surface area contributed by atoms with E-state index in [2.05, 4.69) is 18.7 Å². The van der Waals surface area contributed by atoms with Crippen molar-refractivity contribution in [2.75, 3.05) is 13.2 Å². The van der Waals surface area contributed by atoms with Gasteiger partial charge in [-0.25, -0.2) is 0 Å². The van der Waals surface area contributed by atoms with Gasteiger partial charge in [-0.2, -0.15) is 0 Å². The molecule has 0 radical (unpaired) electrons. The third-order valence-corrected chi connectivity index (χ3v) is 5.73. The number of esters is 1. The molecule has 3 heteroatoms. The summed E-state index contributed by atoms with van der Waals surface area (Å²) in [6, 6.07) is 0.651. The molecule has 1 saturated carbocycles. The van der Waals surface area contributed by atoms with Crippen molar-refractivity contribution in [1.82, 2.24) is 4.90 Å². The Kier molecular flexibility index (Phi) is 2.92. The predicted octanol–water partition coefficient (Wildman–Crippen LogP) is 2.45. The smallest absolute Gasteiger partial charge is 0.323 e. The van der Waals surface area contributed by atoms with E-state index in [0.717, 1.165) is 18.9 Å². The molecule has 3 aliphatic rings. The molecule has 1 aliphatic carbocycles. The molecule has 3 fully saturated rings. The molecule has 2 aliphatic heterocycles. The summed E-state index contributed by atoms with van der Waals surface area (Å²) < 4.78 is 5.27. The Bertz CT molecular complexity index is 352. The minimum atomic E-state index is 0.0150. The average molecular weight is 251 g/mol. The summed E-state index contributed by atoms with van der Waals surface area (Å²) in [5.41, 5.74) is 0.377. The molecule has 0 spiro atoms. The Hall–Kier alpha value is -0.570. The molecule has 0 N–H and O–H groups in total. The van der Waals surface area contributed by atoms with E-state index in [-0.39, 0.29) is 12.0 Å². The van der Waals surface area contributed by atoms with Gasteiger partial charge in [0, 0.05) is 6.04 Å². The van der Waals surface area contributed by atoms with Gasteiger partial charge in [0.1, 0.15) is 6.04 Å². The van der Waals surface area contributed by atoms with E-state index in [9.17, 15) is 4.79 Å². The van der Waals surface area contributed by atoms with E-state index in [1.165, 1.54) is 19.3 Å². The van der Waals surface area contributed by atoms with Gasteiger partial charge in [-0.15, -0.1) is 0 Å². The molecule has 0 aromatic heterocycles. The maximum Gasteiger partial charge on any atom is 0.323 e. The van der Waals surface area contributed by atoms with Crippen LogP contribution in [0.3, 0.4) is 0 Å². The van der Waals surface area contributed by atoms with Crippen LogP contribution < -0.4 is 0 Å². The first-order valence-electron chi connectivity index (χ1n) is 7.48. The van der Waals surface area contributed by atoms with E-state index in [4.69, 9.17) is 4.74 Å². The molecule has 4 atom stereocenters. The topological polar surface area (TPSA) is 29.5 Å². The molecule has 0 aromatic carbocycles. The van der Waals surface area contributed by atoms with Crippen molar-refractivity contribution >= 4 is 5.97 Å². The molecule has 102 valence electrons. The minimum absolute atomic E-state index is 0.0150. The molecule has 3 nitrogen and oxygen atoms in total. The second-order valence-electron chi connectivity index (χ2n) is 6.83. The van der Waals surface area contributed by atoms with Gasteiger partial charge < -0.3 is 4.74 Å². The summed E-state index contributed by atoms with van der Waals surface area (Å²) in [6.07, 6.45) is 4.95. The number of hydrogen-bond acceptors (Lipinski definition) is 3. The summed E-state index contributed by atoms with van der Waals surface area (Å²) in [6.45, 7) is 8.32. The lowest BCUT2D eigenvalue weighted by atomic mass is 9.59. The lowest BCUT2D eigenvalue weighted by Gasteiger charge is -2.54. The Morgan fingerprint density at radius 1 is 1.33 bits per heavy atom. The van der Waals surface area contributed by atoms with Crippen LogP contribution in [0.15, 0.2) is 0 Å². The summed E-state index contributed by atoms with van der Waals surface area (Å²) in [4.78, 5) is 14.6. The van der Waals surface area contributed by atoms with Gasteiger partial charge in [0.25, 0.3) is 0 Å². The van der Waals surface area contributed by atoms with E-state index >= 15 is 0 Å². The average Bonchev–Trinajstić information content (AvgIpc) is 2.69. The Balaban J connectivity index is 1.86. The molecule has 0 unspecified atom stereocenters. The van der Waals surface area contributed by atoms with Crippen LogP contribution in [0.25, 0.3) is 0 Å². The quantitative estimate of drug-likeness (QED) is 0.706. The maximum atomic E-state index is 12.1. The zero-order chi connectivity index (χ0) is 12.9. The lowest BCUT2D eigenvalue weighted by molar-refractivity contribution is -0.151. The van der Waals surface area contributed by atoms with E-state index in [1.54, 1.807) is 0 Å². The number of fused-ring (bicyclic) bond motifs is 1. The van der Waals surface area contributed by atoms with Crippen molar-refractivity contribution in [3.05, 3.63) is 0 Å². The van der Waals surface area contributed by atoms with Crippen molar-refractivity contribution in [2.45, 2.75) is 58.5 Å². The van der Waals surface area contributed by atoms with Crippen molar-refractivity contribution < 1.29 is 9.53 Å². The molecular weight excluding hydrogens is 226 g/mol. The number of carbonyl (C=O) groups excluding carboxylic acids is 1. The Labute approximate surface area is 110 Å². The van der Waals surface area contributed by atoms with Gasteiger partial charge in [-0.1, -0.05) is 13.8 Å². The summed E-state index contributed by atoms with van der Waals surface area (Å²) in [7, 11) is 0. The number of piperidine rings is 1. The third kappa shape index (κ3) is 1.63. The molecule has 3 rings (SSSR count). The van der Waals surface area contributed by atoms with Gasteiger partial charge in [-0.3, -0.25) is 9.69 Å². The van der Waals surface area contributed by atoms with Gasteiger partial charge in [0.05, 0.1) is 6.61 Å². The summed E-state index contributed by atoms with van der Waals surface area (Å²) in [5, 5.41) is 0. The zero-order valence-electron chi connectivity index (χ0n) is 11.8. The highest BCUT2D eigenvalue weighted by Gasteiger charge is 2.57. The fraction of sp³-hybridized carbons (Fsp3) is 0.933. The standard InChI is InChI=1S/C15H25NO2/c1-4-18-14(17)12-9-10-5-6-11-7-8-16(12)13(10)15(11,2)3/h10-13H,4-9H2,1-3H3/t10-,11+,12+,13+/m1/s1. The van der Waals surface area contributed by atoms with Gasteiger partial charge in [0.2, 0.25) is 0 Å². The van der Waals surface area contributed by atoms with Gasteiger partial charge >= 0.3 is 5.97 Å². The number of carbonyl (C=O) groups is 1. The number of rotatable bonds is 2. The van der Waals surface area contributed by atoms with Crippen molar-refractivity contribution in [3.8, 4) is 0 Å². The molecule has 18 heavy (non-hydrogen) atoms. The fourth-order valence-corrected chi connectivity index (χ4v) is 4.94. The largest absolute Gasteiger partial charge is 0.465 e. The summed E-state index contributed by atoms with van der Waals surface area (Å²) in [5.74, 6) is 1.59. The fourth-order valence-electron chi connectivity index (χ4n) is 4.94. The predicted molar refractivity (Wildman–Crippen MR) is 70.1 cm³/mol. The van der Waals surface area contributed by atoms with Crippen LogP contribution in [-0.2, 0) is 9.53 Å². The molecule has 0 aromatic rings. The Morgan fingerprint density at radius 2 is 2.11 bits per heavy atom. The van der Waals surface area contributed by atoms with Crippen LogP contribution in [0.4, 0.5) is 0 Å². The van der Waals surface area contributed by atoms with Gasteiger partial charge in [0.15, 0.2) is 0 Å². The number of nitrogens with zero attached hydrogens (tertiary/aromatic N) is 1. The first-order valence-corrected chi connectivity index (χ1v) is 7.48. The highest BCUT2D eigenvalue weighted by molar-refractivity contribution is 5.76. The monoisotopic (exact) mass is 251 g/mol. The minimum Gasteiger partial charge on any atom is -0.465 e. The highest BCUT2D eigenvalue weighted by atomic mass is 16.5. The van der Waals surface area contributed by atoms with Crippen molar-refractivity contribution in [3.63, 3.8) is 0 Å². The van der Waals surface area contributed by atoms with Crippen LogP contribution in [0.5, 0.6) is 0 Å². The van der Waals surface area contributed by atoms with E-state index in [0.29, 0.717) is 24.0 Å². The second-order valence-corrected chi connectivity index (χ2v) is 6.83. The van der Waals surface area contributed by atoms with Crippen LogP contribution in [0.1, 0.15) is 46.5 Å². The SMILES string of the molecule is CCOC(=O)[C@@H]1C[C@H]2CC[C@H]3CCN1[C@@H]2C3(C)C. The van der Waals surface area contributed by atoms with Crippen LogP contribution in [0, 0.1) is 17.3 Å². The first-order chi connectivity index (χ1) is 8.55. The van der Waals surface area contributed by atoms with E-state index < -0.39 is 0 Å². The molecular formula is C15H25NO2. The highest BCUT2D eigenvalue weighted by Crippen LogP contribution is 2.55. The summed E-state index contributed by atoms with van der Waals surface area (Å²) >= 11 is 0. The van der Waals surface area contributed by atoms with Crippen LogP contribution in [-0.4, -0.2) is 36.1 Å². The number of ether oxygens (including phenoxy) is 1. The van der Waals surface area contributed by atoms with Crippen molar-refractivity contribution in [1.29, 1.82) is 0 Å². The molecule has 2 bridgehead atoms. The zero-order valence-corrected chi connectivity index (χ0v) is 11.8. The normalized spacial score (nSPS) is 41.7.